The number of nitrogens with one attached hydrogen (secondary N) is 1. The molecule has 0 spiro atoms. The molecule has 0 fully saturated rings. The highest BCUT2D eigenvalue weighted by Gasteiger charge is 2.17. The van der Waals surface area contributed by atoms with Crippen molar-refractivity contribution in [1.29, 1.82) is 0 Å². The van der Waals surface area contributed by atoms with Crippen molar-refractivity contribution >= 4 is 23.3 Å². The molecule has 1 amide bonds. The van der Waals surface area contributed by atoms with E-state index in [9.17, 15) is 9.59 Å². The third-order valence-corrected chi connectivity index (χ3v) is 2.78. The zero-order valence-corrected chi connectivity index (χ0v) is 9.56. The van der Waals surface area contributed by atoms with E-state index in [0.29, 0.717) is 5.69 Å². The highest BCUT2D eigenvalue weighted by Crippen LogP contribution is 2.27. The van der Waals surface area contributed by atoms with E-state index >= 15 is 0 Å². The zero-order chi connectivity index (χ0) is 12.4. The molecule has 2 rings (SSSR count). The molecule has 2 N–H and O–H groups in total. The second kappa shape index (κ2) is 4.45. The van der Waals surface area contributed by atoms with Gasteiger partial charge in [0.05, 0.1) is 0 Å². The lowest BCUT2D eigenvalue weighted by atomic mass is 10.1. The number of aliphatic carboxylic acids is 1. The van der Waals surface area contributed by atoms with Gasteiger partial charge < -0.3 is 15.3 Å². The predicted molar refractivity (Wildman–Crippen MR) is 64.3 cm³/mol. The van der Waals surface area contributed by atoms with E-state index in [-0.39, 0.29) is 12.5 Å². The second-order valence-electron chi connectivity index (χ2n) is 4.02. The third kappa shape index (κ3) is 2.38. The second-order valence-corrected chi connectivity index (χ2v) is 4.02. The Kier molecular flexibility index (Phi) is 2.99. The van der Waals surface area contributed by atoms with Crippen LogP contribution in [0.15, 0.2) is 18.2 Å². The minimum atomic E-state index is -1.01. The van der Waals surface area contributed by atoms with Crippen molar-refractivity contribution in [2.75, 3.05) is 23.3 Å². The molecule has 1 aromatic rings. The number of anilines is 2. The molecule has 5 heteroatoms. The first-order chi connectivity index (χ1) is 8.08. The lowest BCUT2D eigenvalue weighted by Crippen LogP contribution is -2.33. The Balaban J connectivity index is 2.30. The van der Waals surface area contributed by atoms with Crippen LogP contribution >= 0.6 is 0 Å². The number of hydrogen-bond donors (Lipinski definition) is 2. The first-order valence-corrected chi connectivity index (χ1v) is 5.44. The van der Waals surface area contributed by atoms with Gasteiger partial charge in [0.2, 0.25) is 5.91 Å². The lowest BCUT2D eigenvalue weighted by Gasteiger charge is -2.19. The Morgan fingerprint density at radius 3 is 2.88 bits per heavy atom. The molecular weight excluding hydrogens is 220 g/mol. The summed E-state index contributed by atoms with van der Waals surface area (Å²) in [5.41, 5.74) is 2.83. The summed E-state index contributed by atoms with van der Waals surface area (Å²) in [5, 5.41) is 12.0. The molecule has 1 aliphatic rings. The number of carboxylic acids is 1. The van der Waals surface area contributed by atoms with E-state index in [0.717, 1.165) is 24.2 Å². The van der Waals surface area contributed by atoms with E-state index in [1.165, 1.54) is 11.8 Å². The summed E-state index contributed by atoms with van der Waals surface area (Å²) in [6.07, 6.45) is 0.905. The average Bonchev–Trinajstić information content (AvgIpc) is 2.72. The molecule has 1 heterocycles. The van der Waals surface area contributed by atoms with Crippen LogP contribution in [0.2, 0.25) is 0 Å². The topological polar surface area (TPSA) is 69.6 Å². The molecule has 0 unspecified atom stereocenters. The summed E-state index contributed by atoms with van der Waals surface area (Å²) in [7, 11) is 0. The van der Waals surface area contributed by atoms with Gasteiger partial charge in [-0.15, -0.1) is 0 Å². The number of carbonyl (C=O) groups excluding carboxylic acids is 1. The van der Waals surface area contributed by atoms with Gasteiger partial charge in [-0.3, -0.25) is 9.59 Å². The molecule has 0 saturated heterocycles. The average molecular weight is 234 g/mol. The number of amides is 1. The summed E-state index contributed by atoms with van der Waals surface area (Å²) in [5.74, 6) is -1.28. The maximum absolute atomic E-state index is 11.4. The fourth-order valence-corrected chi connectivity index (χ4v) is 1.98. The summed E-state index contributed by atoms with van der Waals surface area (Å²) in [6, 6.07) is 5.52. The largest absolute Gasteiger partial charge is 0.480 e. The van der Waals surface area contributed by atoms with Gasteiger partial charge in [0.15, 0.2) is 0 Å². The maximum Gasteiger partial charge on any atom is 0.323 e. The van der Waals surface area contributed by atoms with Crippen LogP contribution < -0.4 is 10.2 Å². The standard InChI is InChI=1S/C12H14N2O3/c1-8(15)14(7-12(16)17)10-2-3-11-9(6-10)4-5-13-11/h2-3,6,13H,4-5,7H2,1H3,(H,16,17). The highest BCUT2D eigenvalue weighted by molar-refractivity contribution is 5.96. The first-order valence-electron chi connectivity index (χ1n) is 5.44. The summed E-state index contributed by atoms with van der Waals surface area (Å²) < 4.78 is 0. The molecule has 90 valence electrons. The zero-order valence-electron chi connectivity index (χ0n) is 9.56. The van der Waals surface area contributed by atoms with Crippen LogP contribution in [-0.2, 0) is 16.0 Å². The SMILES string of the molecule is CC(=O)N(CC(=O)O)c1ccc2c(c1)CCN2. The van der Waals surface area contributed by atoms with Crippen LogP contribution in [0.5, 0.6) is 0 Å². The molecule has 0 aliphatic carbocycles. The quantitative estimate of drug-likeness (QED) is 0.821. The first kappa shape index (κ1) is 11.4. The number of benzene rings is 1. The summed E-state index contributed by atoms with van der Waals surface area (Å²) in [4.78, 5) is 23.4. The van der Waals surface area contributed by atoms with E-state index in [2.05, 4.69) is 5.32 Å². The van der Waals surface area contributed by atoms with Crippen molar-refractivity contribution < 1.29 is 14.7 Å². The van der Waals surface area contributed by atoms with Crippen LogP contribution in [0.4, 0.5) is 11.4 Å². The van der Waals surface area contributed by atoms with Crippen LogP contribution in [0.25, 0.3) is 0 Å². The van der Waals surface area contributed by atoms with Gasteiger partial charge in [-0.1, -0.05) is 0 Å². The van der Waals surface area contributed by atoms with Crippen LogP contribution in [0, 0.1) is 0 Å². The van der Waals surface area contributed by atoms with Crippen LogP contribution in [0.3, 0.4) is 0 Å². The normalized spacial score (nSPS) is 12.8. The van der Waals surface area contributed by atoms with Crippen molar-refractivity contribution in [3.63, 3.8) is 0 Å². The molecule has 0 bridgehead atoms. The van der Waals surface area contributed by atoms with E-state index in [1.807, 2.05) is 12.1 Å². The molecule has 5 nitrogen and oxygen atoms in total. The number of carboxylic acid groups (broad SMARTS) is 1. The predicted octanol–water partition coefficient (Wildman–Crippen LogP) is 1.09. The summed E-state index contributed by atoms with van der Waals surface area (Å²) in [6.45, 7) is 1.95. The van der Waals surface area contributed by atoms with Gasteiger partial charge in [0, 0.05) is 24.8 Å². The van der Waals surface area contributed by atoms with Gasteiger partial charge in [-0.25, -0.2) is 0 Å². The maximum atomic E-state index is 11.4. The van der Waals surface area contributed by atoms with Crippen molar-refractivity contribution in [3.8, 4) is 0 Å². The fourth-order valence-electron chi connectivity index (χ4n) is 1.98. The van der Waals surface area contributed by atoms with Crippen LogP contribution in [0.1, 0.15) is 12.5 Å². The molecule has 1 aliphatic heterocycles. The Bertz CT molecular complexity index is 471. The Labute approximate surface area is 99.0 Å². The van der Waals surface area contributed by atoms with E-state index in [1.54, 1.807) is 6.07 Å². The highest BCUT2D eigenvalue weighted by atomic mass is 16.4. The van der Waals surface area contributed by atoms with Crippen LogP contribution in [-0.4, -0.2) is 30.1 Å². The van der Waals surface area contributed by atoms with Crippen molar-refractivity contribution in [3.05, 3.63) is 23.8 Å². The molecule has 1 aromatic carbocycles. The minimum Gasteiger partial charge on any atom is -0.480 e. The minimum absolute atomic E-state index is 0.265. The molecule has 0 aromatic heterocycles. The molecule has 0 radical (unpaired) electrons. The third-order valence-electron chi connectivity index (χ3n) is 2.78. The Morgan fingerprint density at radius 1 is 1.47 bits per heavy atom. The van der Waals surface area contributed by atoms with Crippen molar-refractivity contribution in [2.24, 2.45) is 0 Å². The van der Waals surface area contributed by atoms with Gasteiger partial charge in [0.1, 0.15) is 6.54 Å². The monoisotopic (exact) mass is 234 g/mol. The molecular formula is C12H14N2O3. The van der Waals surface area contributed by atoms with Gasteiger partial charge in [-0.05, 0) is 30.2 Å². The van der Waals surface area contributed by atoms with Crippen molar-refractivity contribution in [1.82, 2.24) is 0 Å². The van der Waals surface area contributed by atoms with Gasteiger partial charge in [-0.2, -0.15) is 0 Å². The Hall–Kier alpha value is -2.04. The lowest BCUT2D eigenvalue weighted by molar-refractivity contribution is -0.136. The Morgan fingerprint density at radius 2 is 2.24 bits per heavy atom. The molecule has 0 atom stereocenters. The van der Waals surface area contributed by atoms with Gasteiger partial charge in [0.25, 0.3) is 0 Å². The van der Waals surface area contributed by atoms with E-state index in [4.69, 9.17) is 5.11 Å². The number of rotatable bonds is 3. The fraction of sp³-hybridized carbons (Fsp3) is 0.333. The number of carbonyl (C=O) groups is 2. The summed E-state index contributed by atoms with van der Waals surface area (Å²) >= 11 is 0. The number of hydrogen-bond acceptors (Lipinski definition) is 3. The van der Waals surface area contributed by atoms with Gasteiger partial charge >= 0.3 is 5.97 Å². The number of fused-ring (bicyclic) bond motifs is 1. The van der Waals surface area contributed by atoms with E-state index < -0.39 is 5.97 Å². The molecule has 17 heavy (non-hydrogen) atoms. The smallest absolute Gasteiger partial charge is 0.323 e. The number of nitrogens with zero attached hydrogens (tertiary/aromatic N) is 1. The molecule has 0 saturated carbocycles. The van der Waals surface area contributed by atoms with Crippen molar-refractivity contribution in [2.45, 2.75) is 13.3 Å².